The number of nitrogens with one attached hydrogen (secondary N) is 2. The molecule has 164 valence electrons. The molecule has 0 saturated carbocycles. The van der Waals surface area contributed by atoms with Crippen molar-refractivity contribution in [1.82, 2.24) is 9.88 Å². The van der Waals surface area contributed by atoms with Crippen molar-refractivity contribution in [3.8, 4) is 11.3 Å². The molecule has 0 saturated heterocycles. The van der Waals surface area contributed by atoms with Crippen molar-refractivity contribution < 1.29 is 17.7 Å². The molecule has 0 aliphatic heterocycles. The maximum Gasteiger partial charge on any atom is 0.261 e. The van der Waals surface area contributed by atoms with Crippen LogP contribution in [-0.2, 0) is 10.0 Å². The first-order valence-corrected chi connectivity index (χ1v) is 11.5. The second kappa shape index (κ2) is 8.63. The van der Waals surface area contributed by atoms with Crippen molar-refractivity contribution in [3.63, 3.8) is 0 Å². The summed E-state index contributed by atoms with van der Waals surface area (Å²) in [5.41, 5.74) is 0.577. The number of sulfonamides is 1. The molecule has 0 atom stereocenters. The molecule has 7 nitrogen and oxygen atoms in total. The van der Waals surface area contributed by atoms with E-state index in [0.29, 0.717) is 21.3 Å². The molecule has 0 bridgehead atoms. The average Bonchev–Trinajstić information content (AvgIpc) is 3.01. The van der Waals surface area contributed by atoms with Crippen molar-refractivity contribution >= 4 is 44.8 Å². The molecule has 0 radical (unpaired) electrons. The van der Waals surface area contributed by atoms with Gasteiger partial charge < -0.3 is 9.84 Å². The topological polar surface area (TPSA) is 101 Å². The Morgan fingerprint density at radius 1 is 1.03 bits per heavy atom. The van der Waals surface area contributed by atoms with E-state index >= 15 is 0 Å². The molecule has 10 heteroatoms. The van der Waals surface area contributed by atoms with Gasteiger partial charge in [0.25, 0.3) is 5.91 Å². The van der Waals surface area contributed by atoms with E-state index < -0.39 is 21.5 Å². The summed E-state index contributed by atoms with van der Waals surface area (Å²) in [6.45, 7) is 6.86. The van der Waals surface area contributed by atoms with Crippen LogP contribution in [0.15, 0.2) is 51.9 Å². The zero-order chi connectivity index (χ0) is 23.0. The summed E-state index contributed by atoms with van der Waals surface area (Å²) in [6, 6.07) is 10.8. The molecule has 3 aromatic rings. The third kappa shape index (κ3) is 5.27. The van der Waals surface area contributed by atoms with Crippen LogP contribution >= 0.6 is 23.2 Å². The quantitative estimate of drug-likeness (QED) is 0.515. The second-order valence-electron chi connectivity index (χ2n) is 7.89. The summed E-state index contributed by atoms with van der Waals surface area (Å²) in [5, 5.41) is 7.34. The first kappa shape index (κ1) is 23.3. The lowest BCUT2D eigenvalue weighted by molar-refractivity contribution is 0.102. The number of halogens is 2. The fourth-order valence-electron chi connectivity index (χ4n) is 2.91. The van der Waals surface area contributed by atoms with Gasteiger partial charge in [-0.1, -0.05) is 34.4 Å². The highest BCUT2D eigenvalue weighted by atomic mass is 35.5. The smallest absolute Gasteiger partial charge is 0.261 e. The summed E-state index contributed by atoms with van der Waals surface area (Å²) < 4.78 is 32.7. The molecule has 31 heavy (non-hydrogen) atoms. The molecule has 0 fully saturated rings. The number of rotatable bonds is 5. The van der Waals surface area contributed by atoms with Crippen molar-refractivity contribution in [2.45, 2.75) is 38.1 Å². The SMILES string of the molecule is Cc1onc(-c2c(Cl)cccc2Cl)c1C(=O)Nc1ccc(S(=O)(=O)NC(C)(C)C)cc1. The molecule has 3 rings (SSSR count). The highest BCUT2D eigenvalue weighted by Gasteiger charge is 2.25. The maximum atomic E-state index is 13.0. The number of benzene rings is 2. The van der Waals surface area contributed by atoms with E-state index in [9.17, 15) is 13.2 Å². The summed E-state index contributed by atoms with van der Waals surface area (Å²) in [7, 11) is -3.68. The monoisotopic (exact) mass is 481 g/mol. The third-order valence-corrected chi connectivity index (χ3v) is 6.56. The Morgan fingerprint density at radius 3 is 2.16 bits per heavy atom. The van der Waals surface area contributed by atoms with Gasteiger partial charge >= 0.3 is 0 Å². The summed E-state index contributed by atoms with van der Waals surface area (Å²) >= 11 is 12.5. The van der Waals surface area contributed by atoms with Gasteiger partial charge in [-0.2, -0.15) is 0 Å². The number of hydrogen-bond donors (Lipinski definition) is 2. The van der Waals surface area contributed by atoms with Crippen molar-refractivity contribution in [3.05, 3.63) is 63.8 Å². The molecule has 0 aliphatic carbocycles. The van der Waals surface area contributed by atoms with Gasteiger partial charge in [0.2, 0.25) is 10.0 Å². The molecular weight excluding hydrogens is 461 g/mol. The van der Waals surface area contributed by atoms with E-state index in [2.05, 4.69) is 15.2 Å². The summed E-state index contributed by atoms with van der Waals surface area (Å²) in [6.07, 6.45) is 0. The normalized spacial score (nSPS) is 12.1. The van der Waals surface area contributed by atoms with E-state index in [4.69, 9.17) is 27.7 Å². The number of aryl methyl sites for hydroxylation is 1. The van der Waals surface area contributed by atoms with Crippen molar-refractivity contribution in [2.24, 2.45) is 0 Å². The number of aromatic nitrogens is 1. The molecular formula is C21H21Cl2N3O4S. The zero-order valence-electron chi connectivity index (χ0n) is 17.3. The van der Waals surface area contributed by atoms with Crippen LogP contribution in [0, 0.1) is 6.92 Å². The first-order chi connectivity index (χ1) is 14.4. The van der Waals surface area contributed by atoms with Crippen LogP contribution in [0.5, 0.6) is 0 Å². The Kier molecular flexibility index (Phi) is 6.48. The lowest BCUT2D eigenvalue weighted by Crippen LogP contribution is -2.40. The number of nitrogens with zero attached hydrogens (tertiary/aromatic N) is 1. The molecule has 2 N–H and O–H groups in total. The van der Waals surface area contributed by atoms with Gasteiger partial charge in [0.05, 0.1) is 14.9 Å². The van der Waals surface area contributed by atoms with E-state index in [1.807, 2.05) is 0 Å². The molecule has 1 aromatic heterocycles. The van der Waals surface area contributed by atoms with Crippen LogP contribution in [0.4, 0.5) is 5.69 Å². The Balaban J connectivity index is 1.88. The average molecular weight is 482 g/mol. The van der Waals surface area contributed by atoms with Gasteiger partial charge in [0.1, 0.15) is 17.0 Å². The van der Waals surface area contributed by atoms with Gasteiger partial charge in [-0.15, -0.1) is 0 Å². The van der Waals surface area contributed by atoms with Gasteiger partial charge in [0.15, 0.2) is 0 Å². The van der Waals surface area contributed by atoms with E-state index in [1.54, 1.807) is 45.9 Å². The predicted molar refractivity (Wildman–Crippen MR) is 121 cm³/mol. The second-order valence-corrected chi connectivity index (χ2v) is 10.4. The van der Waals surface area contributed by atoms with Crippen molar-refractivity contribution in [1.29, 1.82) is 0 Å². The largest absolute Gasteiger partial charge is 0.360 e. The van der Waals surface area contributed by atoms with Crippen LogP contribution in [0.2, 0.25) is 10.0 Å². The molecule has 1 amide bonds. The van der Waals surface area contributed by atoms with Crippen LogP contribution in [-0.4, -0.2) is 25.0 Å². The minimum absolute atomic E-state index is 0.0881. The van der Waals surface area contributed by atoms with Gasteiger partial charge in [-0.3, -0.25) is 4.79 Å². The Hall–Kier alpha value is -2.39. The maximum absolute atomic E-state index is 13.0. The third-order valence-electron chi connectivity index (χ3n) is 4.15. The number of carbonyl (C=O) groups is 1. The number of carbonyl (C=O) groups excluding carboxylic acids is 1. The summed E-state index contributed by atoms with van der Waals surface area (Å²) in [5.74, 6) is -0.203. The predicted octanol–water partition coefficient (Wildman–Crippen LogP) is 5.29. The van der Waals surface area contributed by atoms with E-state index in [1.165, 1.54) is 24.3 Å². The first-order valence-electron chi connectivity index (χ1n) is 9.25. The Morgan fingerprint density at radius 2 is 1.61 bits per heavy atom. The van der Waals surface area contributed by atoms with Gasteiger partial charge in [0, 0.05) is 16.8 Å². The zero-order valence-corrected chi connectivity index (χ0v) is 19.6. The van der Waals surface area contributed by atoms with E-state index in [0.717, 1.165) is 0 Å². The lowest BCUT2D eigenvalue weighted by atomic mass is 10.1. The fourth-order valence-corrected chi connectivity index (χ4v) is 4.90. The number of anilines is 1. The molecule has 1 heterocycles. The van der Waals surface area contributed by atoms with Gasteiger partial charge in [-0.25, -0.2) is 13.1 Å². The summed E-state index contributed by atoms with van der Waals surface area (Å²) in [4.78, 5) is 13.0. The standard InChI is InChI=1S/C21H21Cl2N3O4S/c1-12-17(19(25-30-12)18-15(22)6-5-7-16(18)23)20(27)24-13-8-10-14(11-9-13)31(28,29)26-21(2,3)4/h5-11,26H,1-4H3,(H,24,27). The van der Waals surface area contributed by atoms with E-state index in [-0.39, 0.29) is 21.9 Å². The van der Waals surface area contributed by atoms with Crippen LogP contribution in [0.1, 0.15) is 36.9 Å². The van der Waals surface area contributed by atoms with Crippen LogP contribution in [0.25, 0.3) is 11.3 Å². The number of amides is 1. The lowest BCUT2D eigenvalue weighted by Gasteiger charge is -2.20. The molecule has 0 unspecified atom stereocenters. The molecule has 0 aliphatic rings. The molecule has 2 aromatic carbocycles. The van der Waals surface area contributed by atoms with Crippen molar-refractivity contribution in [2.75, 3.05) is 5.32 Å². The fraction of sp³-hybridized carbons (Fsp3) is 0.238. The Bertz CT molecular complexity index is 1210. The van der Waals surface area contributed by atoms with Crippen LogP contribution in [0.3, 0.4) is 0 Å². The Labute approximate surface area is 190 Å². The van der Waals surface area contributed by atoms with Gasteiger partial charge in [-0.05, 0) is 64.1 Å². The van der Waals surface area contributed by atoms with Crippen LogP contribution < -0.4 is 10.0 Å². The minimum Gasteiger partial charge on any atom is -0.360 e. The highest BCUT2D eigenvalue weighted by molar-refractivity contribution is 7.89. The minimum atomic E-state index is -3.68. The molecule has 0 spiro atoms. The highest BCUT2D eigenvalue weighted by Crippen LogP contribution is 2.37. The number of hydrogen-bond acceptors (Lipinski definition) is 5.